The highest BCUT2D eigenvalue weighted by atomic mass is 79.9. The van der Waals surface area contributed by atoms with Crippen LogP contribution in [0.3, 0.4) is 0 Å². The molecule has 1 rings (SSSR count). The molecule has 1 unspecified atom stereocenters. The molecule has 0 aliphatic rings. The predicted molar refractivity (Wildman–Crippen MR) is 68.7 cm³/mol. The van der Waals surface area contributed by atoms with Crippen LogP contribution in [0.15, 0.2) is 29.0 Å². The third-order valence-electron chi connectivity index (χ3n) is 2.09. The number of hydrogen-bond acceptors (Lipinski definition) is 1. The van der Waals surface area contributed by atoms with Gasteiger partial charge in [0.05, 0.1) is 6.54 Å². The summed E-state index contributed by atoms with van der Waals surface area (Å²) in [5, 5.41) is 0. The average molecular weight is 342 g/mol. The van der Waals surface area contributed by atoms with E-state index < -0.39 is 17.7 Å². The zero-order valence-electron chi connectivity index (χ0n) is 9.93. The lowest BCUT2D eigenvalue weighted by atomic mass is 10.3. The summed E-state index contributed by atoms with van der Waals surface area (Å²) in [5.41, 5.74) is 4.69. The minimum absolute atomic E-state index is 0.153. The van der Waals surface area contributed by atoms with Crippen LogP contribution in [0, 0.1) is 0 Å². The Morgan fingerprint density at radius 1 is 1.53 bits per heavy atom. The van der Waals surface area contributed by atoms with Crippen LogP contribution in [0.5, 0.6) is 0 Å². The van der Waals surface area contributed by atoms with Gasteiger partial charge in [0.25, 0.3) is 0 Å². The molecule has 19 heavy (non-hydrogen) atoms. The molecule has 1 atom stereocenters. The van der Waals surface area contributed by atoms with Crippen LogP contribution in [0.25, 0.3) is 0 Å². The summed E-state index contributed by atoms with van der Waals surface area (Å²) in [7, 11) is 0. The summed E-state index contributed by atoms with van der Waals surface area (Å²) in [6.07, 6.45) is -3.24. The van der Waals surface area contributed by atoms with Crippen molar-refractivity contribution in [2.24, 2.45) is 10.7 Å². The maximum Gasteiger partial charge on any atom is 0.431 e. The van der Waals surface area contributed by atoms with Crippen molar-refractivity contribution in [3.05, 3.63) is 35.4 Å². The Bertz CT molecular complexity index is 488. The molecular weight excluding hydrogens is 330 g/mol. The third-order valence-corrected chi connectivity index (χ3v) is 2.36. The zero-order chi connectivity index (χ0) is 14.6. The second-order valence-corrected chi connectivity index (χ2v) is 5.23. The summed E-state index contributed by atoms with van der Waals surface area (Å²) in [6, 6.07) is 2.13. The number of H-pyrrole nitrogens is 1. The third kappa shape index (κ3) is 5.06. The van der Waals surface area contributed by atoms with E-state index >= 15 is 0 Å². The number of aliphatic imine (C=N–C) groups is 1. The minimum Gasteiger partial charge on any atom is -0.382 e. The van der Waals surface area contributed by atoms with Crippen LogP contribution in [-0.4, -0.2) is 15.6 Å². The number of alkyl halides is 4. The molecule has 0 aliphatic carbocycles. The maximum absolute atomic E-state index is 13.3. The number of rotatable bonds is 4. The van der Waals surface area contributed by atoms with Crippen molar-refractivity contribution in [2.45, 2.75) is 24.5 Å². The van der Waals surface area contributed by atoms with E-state index in [1.54, 1.807) is 6.92 Å². The maximum atomic E-state index is 13.3. The summed E-state index contributed by atoms with van der Waals surface area (Å²) < 4.78 is 50.2. The highest BCUT2D eigenvalue weighted by molar-refractivity contribution is 9.09. The predicted octanol–water partition coefficient (Wildman–Crippen LogP) is 3.53. The van der Waals surface area contributed by atoms with Gasteiger partial charge in [0.1, 0.15) is 5.69 Å². The molecule has 0 aromatic carbocycles. The first-order valence-electron chi connectivity index (χ1n) is 5.27. The number of halogens is 5. The number of aromatic amines is 1. The number of amidine groups is 1. The van der Waals surface area contributed by atoms with Gasteiger partial charge in [-0.2, -0.15) is 13.2 Å². The number of hydrogen-bond donors (Lipinski definition) is 2. The zero-order valence-corrected chi connectivity index (χ0v) is 11.5. The lowest BCUT2D eigenvalue weighted by Crippen LogP contribution is -2.13. The Kier molecular flexibility index (Phi) is 5.16. The van der Waals surface area contributed by atoms with Gasteiger partial charge in [-0.3, -0.25) is 4.99 Å². The molecule has 0 spiro atoms. The number of allylic oxidation sites excluding steroid dienone is 1. The van der Waals surface area contributed by atoms with E-state index in [9.17, 15) is 17.6 Å². The molecule has 1 aromatic rings. The van der Waals surface area contributed by atoms with Gasteiger partial charge in [-0.1, -0.05) is 15.9 Å². The molecule has 0 fully saturated rings. The SMILES string of the molecule is CC(Br)C=C(F)C(N)=NCc1ccc(C(F)(F)F)[nH]1. The molecule has 0 saturated carbocycles. The lowest BCUT2D eigenvalue weighted by Gasteiger charge is -2.02. The van der Waals surface area contributed by atoms with Crippen LogP contribution < -0.4 is 5.73 Å². The van der Waals surface area contributed by atoms with E-state index in [0.717, 1.165) is 6.07 Å². The van der Waals surface area contributed by atoms with Gasteiger partial charge in [-0.05, 0) is 25.1 Å². The van der Waals surface area contributed by atoms with Crippen molar-refractivity contribution in [1.82, 2.24) is 4.98 Å². The monoisotopic (exact) mass is 341 g/mol. The molecule has 0 amide bonds. The molecular formula is C11H12BrF4N3. The molecule has 3 N–H and O–H groups in total. The first-order valence-corrected chi connectivity index (χ1v) is 6.18. The van der Waals surface area contributed by atoms with Gasteiger partial charge in [-0.25, -0.2) is 4.39 Å². The second kappa shape index (κ2) is 6.23. The van der Waals surface area contributed by atoms with Gasteiger partial charge in [0.2, 0.25) is 0 Å². The molecule has 8 heteroatoms. The van der Waals surface area contributed by atoms with Crippen LogP contribution in [0.1, 0.15) is 18.3 Å². The number of nitrogens with one attached hydrogen (secondary N) is 1. The van der Waals surface area contributed by atoms with Crippen molar-refractivity contribution in [2.75, 3.05) is 0 Å². The fourth-order valence-electron chi connectivity index (χ4n) is 1.23. The highest BCUT2D eigenvalue weighted by Gasteiger charge is 2.31. The van der Waals surface area contributed by atoms with Gasteiger partial charge in [0, 0.05) is 10.5 Å². The van der Waals surface area contributed by atoms with E-state index in [4.69, 9.17) is 5.73 Å². The number of aromatic nitrogens is 1. The molecule has 0 aliphatic heterocycles. The Labute approximate surface area is 115 Å². The quantitative estimate of drug-likeness (QED) is 0.374. The molecule has 1 heterocycles. The lowest BCUT2D eigenvalue weighted by molar-refractivity contribution is -0.140. The summed E-state index contributed by atoms with van der Waals surface area (Å²) in [6.45, 7) is 1.54. The Morgan fingerprint density at radius 2 is 2.16 bits per heavy atom. The van der Waals surface area contributed by atoms with Crippen LogP contribution in [0.2, 0.25) is 0 Å². The molecule has 0 bridgehead atoms. The topological polar surface area (TPSA) is 54.2 Å². The van der Waals surface area contributed by atoms with Crippen molar-refractivity contribution in [3.8, 4) is 0 Å². The first kappa shape index (κ1) is 15.7. The van der Waals surface area contributed by atoms with Gasteiger partial charge in [-0.15, -0.1) is 0 Å². The van der Waals surface area contributed by atoms with E-state index in [-0.39, 0.29) is 22.9 Å². The molecule has 1 aromatic heterocycles. The smallest absolute Gasteiger partial charge is 0.382 e. The van der Waals surface area contributed by atoms with Crippen LogP contribution in [0.4, 0.5) is 17.6 Å². The van der Waals surface area contributed by atoms with E-state index in [0.29, 0.717) is 0 Å². The number of nitrogens with zero attached hydrogens (tertiary/aromatic N) is 1. The Hall–Kier alpha value is -1.31. The van der Waals surface area contributed by atoms with Crippen LogP contribution in [-0.2, 0) is 12.7 Å². The molecule has 3 nitrogen and oxygen atoms in total. The molecule has 0 saturated heterocycles. The van der Waals surface area contributed by atoms with Gasteiger partial charge >= 0.3 is 6.18 Å². The summed E-state index contributed by atoms with van der Waals surface area (Å²) >= 11 is 3.11. The van der Waals surface area contributed by atoms with Crippen molar-refractivity contribution in [3.63, 3.8) is 0 Å². The fourth-order valence-corrected chi connectivity index (χ4v) is 1.46. The first-order chi connectivity index (χ1) is 8.70. The largest absolute Gasteiger partial charge is 0.431 e. The second-order valence-electron chi connectivity index (χ2n) is 3.79. The Morgan fingerprint density at radius 3 is 2.63 bits per heavy atom. The minimum atomic E-state index is -4.44. The van der Waals surface area contributed by atoms with E-state index in [1.165, 1.54) is 12.1 Å². The fraction of sp³-hybridized carbons (Fsp3) is 0.364. The molecule has 106 valence electrons. The Balaban J connectivity index is 2.74. The van der Waals surface area contributed by atoms with Crippen molar-refractivity contribution in [1.29, 1.82) is 0 Å². The van der Waals surface area contributed by atoms with E-state index in [1.807, 2.05) is 0 Å². The van der Waals surface area contributed by atoms with Crippen molar-refractivity contribution >= 4 is 21.8 Å². The van der Waals surface area contributed by atoms with E-state index in [2.05, 4.69) is 25.9 Å². The summed E-state index contributed by atoms with van der Waals surface area (Å²) in [5.74, 6) is -1.07. The van der Waals surface area contributed by atoms with Crippen LogP contribution >= 0.6 is 15.9 Å². The number of nitrogens with two attached hydrogens (primary N) is 1. The standard InChI is InChI=1S/C11H12BrF4N3/c1-6(12)4-8(13)10(17)18-5-7-2-3-9(19-7)11(14,15)16/h2-4,6,19H,5H2,1H3,(H2,17,18). The highest BCUT2D eigenvalue weighted by Crippen LogP contribution is 2.28. The van der Waals surface area contributed by atoms with Gasteiger partial charge in [0.15, 0.2) is 11.7 Å². The van der Waals surface area contributed by atoms with Gasteiger partial charge < -0.3 is 10.7 Å². The van der Waals surface area contributed by atoms with Crippen molar-refractivity contribution < 1.29 is 17.6 Å². The summed E-state index contributed by atoms with van der Waals surface area (Å²) in [4.78, 5) is 5.60. The average Bonchev–Trinajstić information content (AvgIpc) is 2.72. The normalized spacial score (nSPS) is 15.7. The molecule has 0 radical (unpaired) electrons.